The van der Waals surface area contributed by atoms with Crippen molar-refractivity contribution in [3.63, 3.8) is 0 Å². The van der Waals surface area contributed by atoms with Crippen LogP contribution in [0.4, 0.5) is 5.69 Å². The quantitative estimate of drug-likeness (QED) is 0.570. The summed E-state index contributed by atoms with van der Waals surface area (Å²) >= 11 is 0. The number of methoxy groups -OCH3 is 1. The molecule has 2 aromatic carbocycles. The summed E-state index contributed by atoms with van der Waals surface area (Å²) in [5.74, 6) is -0.194. The highest BCUT2D eigenvalue weighted by atomic mass is 16.5. The third kappa shape index (κ3) is 6.10. The Hall–Kier alpha value is -2.37. The van der Waals surface area contributed by atoms with E-state index in [1.165, 1.54) is 0 Å². The summed E-state index contributed by atoms with van der Waals surface area (Å²) in [6, 6.07) is 19.7. The lowest BCUT2D eigenvalue weighted by atomic mass is 10.2. The van der Waals surface area contributed by atoms with Crippen LogP contribution in [0, 0.1) is 0 Å². The maximum absolute atomic E-state index is 12.1. The van der Waals surface area contributed by atoms with Crippen LogP contribution in [0.25, 0.3) is 0 Å². The van der Waals surface area contributed by atoms with Crippen LogP contribution in [0.1, 0.15) is 5.56 Å². The van der Waals surface area contributed by atoms with Crippen molar-refractivity contribution in [1.82, 2.24) is 5.43 Å². The molecule has 0 spiro atoms. The first-order valence-corrected chi connectivity index (χ1v) is 7.52. The van der Waals surface area contributed by atoms with E-state index in [0.29, 0.717) is 19.8 Å². The van der Waals surface area contributed by atoms with Gasteiger partial charge in [0.25, 0.3) is 5.91 Å². The van der Waals surface area contributed by atoms with Gasteiger partial charge in [-0.15, -0.1) is 0 Å². The molecule has 0 aromatic heterocycles. The molecule has 2 rings (SSSR count). The summed E-state index contributed by atoms with van der Waals surface area (Å²) in [4.78, 5) is 12.1. The van der Waals surface area contributed by atoms with Crippen molar-refractivity contribution < 1.29 is 14.3 Å². The number of amides is 1. The molecule has 0 atom stereocenters. The van der Waals surface area contributed by atoms with Crippen LogP contribution in [0.3, 0.4) is 0 Å². The van der Waals surface area contributed by atoms with E-state index in [0.717, 1.165) is 11.3 Å². The molecule has 5 heteroatoms. The average molecular weight is 314 g/mol. The van der Waals surface area contributed by atoms with Crippen LogP contribution >= 0.6 is 0 Å². The summed E-state index contributed by atoms with van der Waals surface area (Å²) in [6.45, 7) is 1.45. The van der Waals surface area contributed by atoms with Gasteiger partial charge in [0.1, 0.15) is 6.61 Å². The van der Waals surface area contributed by atoms with Crippen molar-refractivity contribution >= 4 is 11.6 Å². The van der Waals surface area contributed by atoms with Crippen molar-refractivity contribution in [2.75, 3.05) is 31.9 Å². The molecule has 0 unspecified atom stereocenters. The van der Waals surface area contributed by atoms with Crippen molar-refractivity contribution in [3.8, 4) is 0 Å². The van der Waals surface area contributed by atoms with Crippen LogP contribution < -0.4 is 10.4 Å². The van der Waals surface area contributed by atoms with E-state index in [-0.39, 0.29) is 12.5 Å². The molecule has 0 saturated carbocycles. The zero-order valence-electron chi connectivity index (χ0n) is 13.3. The Morgan fingerprint density at radius 1 is 1.00 bits per heavy atom. The van der Waals surface area contributed by atoms with Gasteiger partial charge in [-0.25, -0.2) is 0 Å². The Bertz CT molecular complexity index is 575. The van der Waals surface area contributed by atoms with Gasteiger partial charge in [-0.3, -0.25) is 15.2 Å². The van der Waals surface area contributed by atoms with Gasteiger partial charge in [-0.2, -0.15) is 0 Å². The molecule has 0 saturated heterocycles. The number of nitrogens with zero attached hydrogens (tertiary/aromatic N) is 1. The molecule has 0 fully saturated rings. The van der Waals surface area contributed by atoms with Gasteiger partial charge in [-0.05, 0) is 17.7 Å². The fourth-order valence-electron chi connectivity index (χ4n) is 2.06. The Morgan fingerprint density at radius 3 is 2.30 bits per heavy atom. The third-order valence-electron chi connectivity index (χ3n) is 3.18. The van der Waals surface area contributed by atoms with Crippen LogP contribution in [0.2, 0.25) is 0 Å². The molecule has 0 aliphatic rings. The molecule has 0 radical (unpaired) electrons. The third-order valence-corrected chi connectivity index (χ3v) is 3.18. The highest BCUT2D eigenvalue weighted by Crippen LogP contribution is 2.14. The number of nitrogens with one attached hydrogen (secondary N) is 1. The van der Waals surface area contributed by atoms with Crippen molar-refractivity contribution in [1.29, 1.82) is 0 Å². The largest absolute Gasteiger partial charge is 0.382 e. The number of hydrogen-bond donors (Lipinski definition) is 1. The summed E-state index contributed by atoms with van der Waals surface area (Å²) < 4.78 is 10.1. The normalized spacial score (nSPS) is 10.3. The second-order valence-corrected chi connectivity index (χ2v) is 4.99. The van der Waals surface area contributed by atoms with E-state index in [1.807, 2.05) is 65.7 Å². The number of benzene rings is 2. The summed E-state index contributed by atoms with van der Waals surface area (Å²) in [5, 5.41) is 1.82. The van der Waals surface area contributed by atoms with E-state index >= 15 is 0 Å². The summed E-state index contributed by atoms with van der Waals surface area (Å²) in [7, 11) is 1.60. The average Bonchev–Trinajstić information content (AvgIpc) is 2.60. The van der Waals surface area contributed by atoms with Crippen LogP contribution in [-0.2, 0) is 20.8 Å². The number of hydrogen-bond acceptors (Lipinski definition) is 4. The monoisotopic (exact) mass is 314 g/mol. The highest BCUT2D eigenvalue weighted by molar-refractivity contribution is 5.79. The van der Waals surface area contributed by atoms with Crippen molar-refractivity contribution in [3.05, 3.63) is 66.2 Å². The van der Waals surface area contributed by atoms with Gasteiger partial charge in [-0.1, -0.05) is 48.5 Å². The Labute approximate surface area is 136 Å². The SMILES string of the molecule is COCCOCC(=O)NN(Cc1ccccc1)c1ccccc1. The second kappa shape index (κ2) is 9.61. The minimum Gasteiger partial charge on any atom is -0.382 e. The van der Waals surface area contributed by atoms with Gasteiger partial charge in [0, 0.05) is 7.11 Å². The predicted octanol–water partition coefficient (Wildman–Crippen LogP) is 2.39. The number of ether oxygens (including phenoxy) is 2. The fraction of sp³-hybridized carbons (Fsp3) is 0.278. The molecule has 0 aliphatic heterocycles. The lowest BCUT2D eigenvalue weighted by Crippen LogP contribution is -2.43. The molecule has 1 amide bonds. The van der Waals surface area contributed by atoms with E-state index < -0.39 is 0 Å². The van der Waals surface area contributed by atoms with E-state index in [2.05, 4.69) is 5.43 Å². The summed E-state index contributed by atoms with van der Waals surface area (Å²) in [6.07, 6.45) is 0. The van der Waals surface area contributed by atoms with Gasteiger partial charge in [0.15, 0.2) is 0 Å². The standard InChI is InChI=1S/C18H22N2O3/c1-22-12-13-23-15-18(21)19-20(17-10-6-3-7-11-17)14-16-8-4-2-5-9-16/h2-11H,12-15H2,1H3,(H,19,21). The predicted molar refractivity (Wildman–Crippen MR) is 89.9 cm³/mol. The van der Waals surface area contributed by atoms with E-state index in [1.54, 1.807) is 7.11 Å². The topological polar surface area (TPSA) is 50.8 Å². The van der Waals surface area contributed by atoms with Crippen LogP contribution in [0.15, 0.2) is 60.7 Å². The summed E-state index contributed by atoms with van der Waals surface area (Å²) in [5.41, 5.74) is 4.91. The first-order valence-electron chi connectivity index (χ1n) is 7.52. The second-order valence-electron chi connectivity index (χ2n) is 4.99. The minimum atomic E-state index is -0.194. The van der Waals surface area contributed by atoms with E-state index in [4.69, 9.17) is 9.47 Å². The van der Waals surface area contributed by atoms with Gasteiger partial charge in [0.2, 0.25) is 0 Å². The smallest absolute Gasteiger partial charge is 0.264 e. The lowest BCUT2D eigenvalue weighted by molar-refractivity contribution is -0.126. The molecule has 1 N–H and O–H groups in total. The van der Waals surface area contributed by atoms with Gasteiger partial charge >= 0.3 is 0 Å². The Kier molecular flexibility index (Phi) is 7.10. The maximum atomic E-state index is 12.1. The maximum Gasteiger partial charge on any atom is 0.264 e. The molecule has 0 bridgehead atoms. The molecular weight excluding hydrogens is 292 g/mol. The highest BCUT2D eigenvalue weighted by Gasteiger charge is 2.11. The van der Waals surface area contributed by atoms with Crippen molar-refractivity contribution in [2.45, 2.75) is 6.54 Å². The first-order chi connectivity index (χ1) is 11.3. The Morgan fingerprint density at radius 2 is 1.65 bits per heavy atom. The number of carbonyl (C=O) groups is 1. The van der Waals surface area contributed by atoms with Crippen molar-refractivity contribution in [2.24, 2.45) is 0 Å². The van der Waals surface area contributed by atoms with Gasteiger partial charge in [0.05, 0.1) is 25.4 Å². The number of carbonyl (C=O) groups excluding carboxylic acids is 1. The lowest BCUT2D eigenvalue weighted by Gasteiger charge is -2.25. The Balaban J connectivity index is 1.98. The van der Waals surface area contributed by atoms with Crippen LogP contribution in [0.5, 0.6) is 0 Å². The molecule has 23 heavy (non-hydrogen) atoms. The molecule has 122 valence electrons. The number of anilines is 1. The van der Waals surface area contributed by atoms with Gasteiger partial charge < -0.3 is 9.47 Å². The molecule has 0 heterocycles. The molecule has 0 aliphatic carbocycles. The number of rotatable bonds is 9. The first kappa shape index (κ1) is 17.0. The fourth-order valence-corrected chi connectivity index (χ4v) is 2.06. The molecular formula is C18H22N2O3. The van der Waals surface area contributed by atoms with Crippen LogP contribution in [-0.4, -0.2) is 32.8 Å². The number of para-hydroxylation sites is 1. The zero-order valence-corrected chi connectivity index (χ0v) is 13.3. The minimum absolute atomic E-state index is 0.00147. The molecule has 5 nitrogen and oxygen atoms in total. The zero-order chi connectivity index (χ0) is 16.3. The number of hydrazine groups is 1. The molecule has 2 aromatic rings. The van der Waals surface area contributed by atoms with E-state index in [9.17, 15) is 4.79 Å².